The molecule has 2 rings (SSSR count). The van der Waals surface area contributed by atoms with Gasteiger partial charge in [-0.25, -0.2) is 4.98 Å². The van der Waals surface area contributed by atoms with E-state index >= 15 is 0 Å². The van der Waals surface area contributed by atoms with Crippen molar-refractivity contribution in [3.05, 3.63) is 11.9 Å². The standard InChI is InChI=1S/C15H25N3O2/c1-3-9-16-13-10-15(18-14(17-13)11-19-2)20-12-7-5-4-6-8-12/h10,12H,3-9,11H2,1-2H3,(H,16,17,18). The van der Waals surface area contributed by atoms with Gasteiger partial charge in [-0.1, -0.05) is 13.3 Å². The SMILES string of the molecule is CCCNc1cc(OC2CCCCC2)nc(COC)n1. The maximum atomic E-state index is 6.02. The van der Waals surface area contributed by atoms with Gasteiger partial charge in [-0.15, -0.1) is 0 Å². The van der Waals surface area contributed by atoms with Crippen LogP contribution in [0, 0.1) is 0 Å². The lowest BCUT2D eigenvalue weighted by molar-refractivity contribution is 0.144. The van der Waals surface area contributed by atoms with E-state index in [0.29, 0.717) is 24.4 Å². The number of aromatic nitrogens is 2. The van der Waals surface area contributed by atoms with Crippen molar-refractivity contribution in [2.45, 2.75) is 58.2 Å². The third-order valence-electron chi connectivity index (χ3n) is 3.42. The number of methoxy groups -OCH3 is 1. The first-order valence-corrected chi connectivity index (χ1v) is 7.59. The number of hydrogen-bond acceptors (Lipinski definition) is 5. The van der Waals surface area contributed by atoms with Gasteiger partial charge in [0.2, 0.25) is 5.88 Å². The molecule has 1 aliphatic carbocycles. The van der Waals surface area contributed by atoms with Gasteiger partial charge in [0.1, 0.15) is 18.5 Å². The van der Waals surface area contributed by atoms with E-state index in [9.17, 15) is 0 Å². The molecule has 0 atom stereocenters. The maximum absolute atomic E-state index is 6.02. The van der Waals surface area contributed by atoms with Gasteiger partial charge in [-0.05, 0) is 32.1 Å². The van der Waals surface area contributed by atoms with Gasteiger partial charge in [0, 0.05) is 19.7 Å². The molecule has 1 aromatic rings. The van der Waals surface area contributed by atoms with Gasteiger partial charge in [0.15, 0.2) is 5.82 Å². The van der Waals surface area contributed by atoms with Gasteiger partial charge in [-0.3, -0.25) is 0 Å². The number of hydrogen-bond donors (Lipinski definition) is 1. The minimum absolute atomic E-state index is 0.299. The van der Waals surface area contributed by atoms with Crippen molar-refractivity contribution in [1.82, 2.24) is 9.97 Å². The molecule has 0 spiro atoms. The molecule has 20 heavy (non-hydrogen) atoms. The molecule has 5 heteroatoms. The number of nitrogens with one attached hydrogen (secondary N) is 1. The van der Waals surface area contributed by atoms with Crippen LogP contribution < -0.4 is 10.1 Å². The Hall–Kier alpha value is -1.36. The molecule has 5 nitrogen and oxygen atoms in total. The summed E-state index contributed by atoms with van der Waals surface area (Å²) in [6, 6.07) is 1.89. The summed E-state index contributed by atoms with van der Waals surface area (Å²) in [5, 5.41) is 3.28. The second-order valence-electron chi connectivity index (χ2n) is 5.25. The summed E-state index contributed by atoms with van der Waals surface area (Å²) >= 11 is 0. The third kappa shape index (κ3) is 4.63. The average Bonchev–Trinajstić information content (AvgIpc) is 2.46. The van der Waals surface area contributed by atoms with E-state index in [4.69, 9.17) is 9.47 Å². The van der Waals surface area contributed by atoms with Crippen molar-refractivity contribution in [3.8, 4) is 5.88 Å². The third-order valence-corrected chi connectivity index (χ3v) is 3.42. The van der Waals surface area contributed by atoms with E-state index in [1.165, 1.54) is 19.3 Å². The van der Waals surface area contributed by atoms with Crippen LogP contribution in [0.4, 0.5) is 5.82 Å². The van der Waals surface area contributed by atoms with Gasteiger partial charge in [0.05, 0.1) is 0 Å². The van der Waals surface area contributed by atoms with Crippen molar-refractivity contribution in [1.29, 1.82) is 0 Å². The molecule has 0 aromatic carbocycles. The summed E-state index contributed by atoms with van der Waals surface area (Å²) in [7, 11) is 1.65. The molecule has 1 N–H and O–H groups in total. The lowest BCUT2D eigenvalue weighted by Gasteiger charge is -2.22. The largest absolute Gasteiger partial charge is 0.474 e. The summed E-state index contributed by atoms with van der Waals surface area (Å²) < 4.78 is 11.1. The van der Waals surface area contributed by atoms with Crippen LogP contribution in [0.5, 0.6) is 5.88 Å². The Morgan fingerprint density at radius 3 is 2.75 bits per heavy atom. The Kier molecular flexibility index (Phi) is 6.05. The van der Waals surface area contributed by atoms with Gasteiger partial charge < -0.3 is 14.8 Å². The molecular formula is C15H25N3O2. The Morgan fingerprint density at radius 1 is 1.25 bits per heavy atom. The Morgan fingerprint density at radius 2 is 2.05 bits per heavy atom. The van der Waals surface area contributed by atoms with Crippen LogP contribution in [-0.2, 0) is 11.3 Å². The molecule has 0 bridgehead atoms. The van der Waals surface area contributed by atoms with Gasteiger partial charge >= 0.3 is 0 Å². The van der Waals surface area contributed by atoms with Crippen molar-refractivity contribution < 1.29 is 9.47 Å². The van der Waals surface area contributed by atoms with E-state index < -0.39 is 0 Å². The van der Waals surface area contributed by atoms with Crippen molar-refractivity contribution in [2.75, 3.05) is 19.0 Å². The highest BCUT2D eigenvalue weighted by Gasteiger charge is 2.16. The van der Waals surface area contributed by atoms with Crippen LogP contribution >= 0.6 is 0 Å². The minimum Gasteiger partial charge on any atom is -0.474 e. The summed E-state index contributed by atoms with van der Waals surface area (Å²) in [6.45, 7) is 3.43. The summed E-state index contributed by atoms with van der Waals surface area (Å²) in [5.41, 5.74) is 0. The molecule has 1 saturated carbocycles. The van der Waals surface area contributed by atoms with Crippen molar-refractivity contribution in [3.63, 3.8) is 0 Å². The second-order valence-corrected chi connectivity index (χ2v) is 5.25. The molecule has 0 unspecified atom stereocenters. The first-order chi connectivity index (χ1) is 9.81. The molecule has 0 saturated heterocycles. The van der Waals surface area contributed by atoms with Crippen molar-refractivity contribution in [2.24, 2.45) is 0 Å². The summed E-state index contributed by atoms with van der Waals surface area (Å²) in [4.78, 5) is 8.85. The fraction of sp³-hybridized carbons (Fsp3) is 0.733. The topological polar surface area (TPSA) is 56.3 Å². The van der Waals surface area contributed by atoms with Crippen LogP contribution in [-0.4, -0.2) is 29.7 Å². The molecule has 1 aliphatic rings. The quantitative estimate of drug-likeness (QED) is 0.831. The Labute approximate surface area is 121 Å². The lowest BCUT2D eigenvalue weighted by Crippen LogP contribution is -2.20. The fourth-order valence-electron chi connectivity index (χ4n) is 2.42. The average molecular weight is 279 g/mol. The van der Waals surface area contributed by atoms with Crippen molar-refractivity contribution >= 4 is 5.82 Å². The second kappa shape index (κ2) is 8.04. The Bertz CT molecular complexity index is 406. The highest BCUT2D eigenvalue weighted by molar-refractivity contribution is 5.38. The predicted molar refractivity (Wildman–Crippen MR) is 79.0 cm³/mol. The van der Waals surface area contributed by atoms with Crippen LogP contribution in [0.3, 0.4) is 0 Å². The van der Waals surface area contributed by atoms with E-state index in [1.54, 1.807) is 7.11 Å². The zero-order valence-corrected chi connectivity index (χ0v) is 12.5. The first-order valence-electron chi connectivity index (χ1n) is 7.59. The minimum atomic E-state index is 0.299. The number of ether oxygens (including phenoxy) is 2. The van der Waals surface area contributed by atoms with Crippen LogP contribution in [0.1, 0.15) is 51.3 Å². The highest BCUT2D eigenvalue weighted by atomic mass is 16.5. The zero-order valence-electron chi connectivity index (χ0n) is 12.5. The monoisotopic (exact) mass is 279 g/mol. The molecule has 1 fully saturated rings. The first kappa shape index (κ1) is 15.0. The van der Waals surface area contributed by atoms with Crippen LogP contribution in [0.25, 0.3) is 0 Å². The number of anilines is 1. The summed E-state index contributed by atoms with van der Waals surface area (Å²) in [6.07, 6.45) is 7.43. The van der Waals surface area contributed by atoms with E-state index in [2.05, 4.69) is 22.2 Å². The predicted octanol–water partition coefficient (Wildman–Crippen LogP) is 3.16. The molecule has 0 amide bonds. The fourth-order valence-corrected chi connectivity index (χ4v) is 2.42. The molecule has 0 radical (unpaired) electrons. The maximum Gasteiger partial charge on any atom is 0.219 e. The lowest BCUT2D eigenvalue weighted by atomic mass is 9.98. The number of nitrogens with zero attached hydrogens (tertiary/aromatic N) is 2. The molecule has 112 valence electrons. The molecule has 1 heterocycles. The zero-order chi connectivity index (χ0) is 14.2. The highest BCUT2D eigenvalue weighted by Crippen LogP contribution is 2.23. The van der Waals surface area contributed by atoms with Crippen LogP contribution in [0.2, 0.25) is 0 Å². The number of rotatable bonds is 7. The molecular weight excluding hydrogens is 254 g/mol. The van der Waals surface area contributed by atoms with Gasteiger partial charge in [-0.2, -0.15) is 4.98 Å². The molecule has 0 aliphatic heterocycles. The smallest absolute Gasteiger partial charge is 0.219 e. The van der Waals surface area contributed by atoms with E-state index in [0.717, 1.165) is 31.6 Å². The van der Waals surface area contributed by atoms with E-state index in [1.807, 2.05) is 6.07 Å². The van der Waals surface area contributed by atoms with E-state index in [-0.39, 0.29) is 0 Å². The normalized spacial score (nSPS) is 16.1. The van der Waals surface area contributed by atoms with Crippen LogP contribution in [0.15, 0.2) is 6.07 Å². The van der Waals surface area contributed by atoms with Gasteiger partial charge in [0.25, 0.3) is 0 Å². The molecule has 1 aromatic heterocycles. The summed E-state index contributed by atoms with van der Waals surface area (Å²) in [5.74, 6) is 2.15. The Balaban J connectivity index is 2.06.